The summed E-state index contributed by atoms with van der Waals surface area (Å²) in [5.74, 6) is 0.364. The fourth-order valence-corrected chi connectivity index (χ4v) is 3.17. The molecule has 1 heterocycles. The second-order valence-corrected chi connectivity index (χ2v) is 5.77. The van der Waals surface area contributed by atoms with Gasteiger partial charge in [0.25, 0.3) is 0 Å². The Morgan fingerprint density at radius 2 is 1.90 bits per heavy atom. The molecule has 20 heavy (non-hydrogen) atoms. The third-order valence-electron chi connectivity index (χ3n) is 4.37. The standard InChI is InChI=1S/C17H23N3/c18-13-15(14-6-2-1-3-7-14)12-16-10-11-20(19-16)17-8-4-5-9-17/h1-3,6-7,10-11,15,17H,4-5,8-9,12-13,18H2. The van der Waals surface area contributed by atoms with Crippen molar-refractivity contribution in [2.75, 3.05) is 6.54 Å². The Morgan fingerprint density at radius 3 is 2.60 bits per heavy atom. The lowest BCUT2D eigenvalue weighted by molar-refractivity contribution is 0.461. The topological polar surface area (TPSA) is 43.8 Å². The van der Waals surface area contributed by atoms with E-state index in [1.54, 1.807) is 0 Å². The third-order valence-corrected chi connectivity index (χ3v) is 4.37. The van der Waals surface area contributed by atoms with Crippen molar-refractivity contribution in [3.8, 4) is 0 Å². The van der Waals surface area contributed by atoms with Crippen LogP contribution in [0.3, 0.4) is 0 Å². The van der Waals surface area contributed by atoms with Crippen LogP contribution in [-0.2, 0) is 6.42 Å². The van der Waals surface area contributed by atoms with Crippen molar-refractivity contribution < 1.29 is 0 Å². The zero-order valence-corrected chi connectivity index (χ0v) is 11.9. The molecule has 3 heteroatoms. The average Bonchev–Trinajstić information content (AvgIpc) is 3.16. The highest BCUT2D eigenvalue weighted by atomic mass is 15.3. The highest BCUT2D eigenvalue weighted by molar-refractivity contribution is 5.22. The summed E-state index contributed by atoms with van der Waals surface area (Å²) in [6.07, 6.45) is 8.31. The lowest BCUT2D eigenvalue weighted by Gasteiger charge is -2.14. The lowest BCUT2D eigenvalue weighted by atomic mass is 9.94. The molecule has 2 N–H and O–H groups in total. The van der Waals surface area contributed by atoms with Gasteiger partial charge in [0.2, 0.25) is 0 Å². The first-order valence-electron chi connectivity index (χ1n) is 7.66. The Kier molecular flexibility index (Phi) is 4.16. The van der Waals surface area contributed by atoms with E-state index in [0.29, 0.717) is 18.5 Å². The smallest absolute Gasteiger partial charge is 0.0631 e. The van der Waals surface area contributed by atoms with E-state index in [9.17, 15) is 0 Å². The van der Waals surface area contributed by atoms with Gasteiger partial charge in [0.1, 0.15) is 0 Å². The van der Waals surface area contributed by atoms with Gasteiger partial charge in [-0.15, -0.1) is 0 Å². The van der Waals surface area contributed by atoms with Gasteiger partial charge >= 0.3 is 0 Å². The molecule has 0 amide bonds. The summed E-state index contributed by atoms with van der Waals surface area (Å²) in [5, 5.41) is 4.77. The van der Waals surface area contributed by atoms with E-state index in [-0.39, 0.29) is 0 Å². The number of nitrogens with two attached hydrogens (primary N) is 1. The molecule has 0 aliphatic heterocycles. The van der Waals surface area contributed by atoms with Crippen LogP contribution in [0, 0.1) is 0 Å². The Labute approximate surface area is 120 Å². The fourth-order valence-electron chi connectivity index (χ4n) is 3.17. The summed E-state index contributed by atoms with van der Waals surface area (Å²) in [6, 6.07) is 13.3. The van der Waals surface area contributed by atoms with Crippen LogP contribution in [0.25, 0.3) is 0 Å². The summed E-state index contributed by atoms with van der Waals surface area (Å²) in [4.78, 5) is 0. The van der Waals surface area contributed by atoms with Crippen molar-refractivity contribution in [2.24, 2.45) is 5.73 Å². The maximum Gasteiger partial charge on any atom is 0.0631 e. The second kappa shape index (κ2) is 6.23. The Balaban J connectivity index is 1.70. The van der Waals surface area contributed by atoms with Gasteiger partial charge in [-0.2, -0.15) is 5.10 Å². The molecule has 3 nitrogen and oxygen atoms in total. The molecule has 1 unspecified atom stereocenters. The van der Waals surface area contributed by atoms with Crippen LogP contribution in [0.4, 0.5) is 0 Å². The van der Waals surface area contributed by atoms with Crippen LogP contribution in [0.1, 0.15) is 48.9 Å². The van der Waals surface area contributed by atoms with Gasteiger partial charge in [0.15, 0.2) is 0 Å². The number of benzene rings is 1. The van der Waals surface area contributed by atoms with E-state index in [0.717, 1.165) is 12.1 Å². The van der Waals surface area contributed by atoms with E-state index < -0.39 is 0 Å². The average molecular weight is 269 g/mol. The summed E-state index contributed by atoms with van der Waals surface area (Å²) in [6.45, 7) is 0.667. The molecule has 1 aliphatic rings. The first-order valence-corrected chi connectivity index (χ1v) is 7.66. The predicted molar refractivity (Wildman–Crippen MR) is 81.7 cm³/mol. The molecule has 1 aromatic heterocycles. The van der Waals surface area contributed by atoms with Crippen LogP contribution < -0.4 is 5.73 Å². The van der Waals surface area contributed by atoms with Gasteiger partial charge in [-0.3, -0.25) is 4.68 Å². The summed E-state index contributed by atoms with van der Waals surface area (Å²) < 4.78 is 2.17. The molecule has 0 bridgehead atoms. The predicted octanol–water partition coefficient (Wildman–Crippen LogP) is 3.28. The van der Waals surface area contributed by atoms with Crippen molar-refractivity contribution >= 4 is 0 Å². The van der Waals surface area contributed by atoms with Crippen molar-refractivity contribution in [3.63, 3.8) is 0 Å². The Morgan fingerprint density at radius 1 is 1.15 bits per heavy atom. The lowest BCUT2D eigenvalue weighted by Crippen LogP contribution is -2.15. The van der Waals surface area contributed by atoms with Crippen molar-refractivity contribution in [2.45, 2.75) is 44.1 Å². The summed E-state index contributed by atoms with van der Waals surface area (Å²) in [7, 11) is 0. The number of aromatic nitrogens is 2. The second-order valence-electron chi connectivity index (χ2n) is 5.77. The van der Waals surface area contributed by atoms with Crippen LogP contribution in [-0.4, -0.2) is 16.3 Å². The van der Waals surface area contributed by atoms with E-state index in [2.05, 4.69) is 41.2 Å². The molecular weight excluding hydrogens is 246 g/mol. The molecule has 1 aromatic carbocycles. The van der Waals surface area contributed by atoms with Gasteiger partial charge in [0.05, 0.1) is 11.7 Å². The van der Waals surface area contributed by atoms with Crippen LogP contribution in [0.2, 0.25) is 0 Å². The number of nitrogens with zero attached hydrogens (tertiary/aromatic N) is 2. The number of hydrogen-bond donors (Lipinski definition) is 1. The molecule has 0 saturated heterocycles. The monoisotopic (exact) mass is 269 g/mol. The van der Waals surface area contributed by atoms with Gasteiger partial charge in [-0.1, -0.05) is 43.2 Å². The highest BCUT2D eigenvalue weighted by Gasteiger charge is 2.18. The highest BCUT2D eigenvalue weighted by Crippen LogP contribution is 2.29. The first-order chi connectivity index (χ1) is 9.86. The quantitative estimate of drug-likeness (QED) is 0.905. The van der Waals surface area contributed by atoms with Crippen molar-refractivity contribution in [3.05, 3.63) is 53.9 Å². The minimum absolute atomic E-state index is 0.364. The normalized spacial score (nSPS) is 17.4. The minimum Gasteiger partial charge on any atom is -0.330 e. The maximum atomic E-state index is 5.95. The molecule has 0 radical (unpaired) electrons. The molecule has 106 valence electrons. The molecule has 1 saturated carbocycles. The van der Waals surface area contributed by atoms with E-state index in [4.69, 9.17) is 10.8 Å². The summed E-state index contributed by atoms with van der Waals surface area (Å²) >= 11 is 0. The Bertz CT molecular complexity index is 526. The zero-order valence-electron chi connectivity index (χ0n) is 11.9. The maximum absolute atomic E-state index is 5.95. The zero-order chi connectivity index (χ0) is 13.8. The molecule has 0 spiro atoms. The SMILES string of the molecule is NCC(Cc1ccn(C2CCCC2)n1)c1ccccc1. The van der Waals surface area contributed by atoms with Gasteiger partial charge in [-0.25, -0.2) is 0 Å². The van der Waals surface area contributed by atoms with E-state index in [1.807, 2.05) is 6.07 Å². The molecular formula is C17H23N3. The Hall–Kier alpha value is -1.61. The van der Waals surface area contributed by atoms with Crippen LogP contribution in [0.5, 0.6) is 0 Å². The van der Waals surface area contributed by atoms with Gasteiger partial charge in [-0.05, 0) is 37.4 Å². The minimum atomic E-state index is 0.364. The van der Waals surface area contributed by atoms with E-state index >= 15 is 0 Å². The molecule has 2 aromatic rings. The third kappa shape index (κ3) is 2.93. The molecule has 3 rings (SSSR count). The first kappa shape index (κ1) is 13.4. The van der Waals surface area contributed by atoms with Crippen LogP contribution >= 0.6 is 0 Å². The fraction of sp³-hybridized carbons (Fsp3) is 0.471. The molecule has 1 atom stereocenters. The van der Waals surface area contributed by atoms with Gasteiger partial charge < -0.3 is 5.73 Å². The van der Waals surface area contributed by atoms with Gasteiger partial charge in [0, 0.05) is 12.1 Å². The largest absolute Gasteiger partial charge is 0.330 e. The van der Waals surface area contributed by atoms with Crippen molar-refractivity contribution in [1.82, 2.24) is 9.78 Å². The van der Waals surface area contributed by atoms with Crippen molar-refractivity contribution in [1.29, 1.82) is 0 Å². The molecule has 1 fully saturated rings. The number of hydrogen-bond acceptors (Lipinski definition) is 2. The summed E-state index contributed by atoms with van der Waals surface area (Å²) in [5.41, 5.74) is 8.42. The van der Waals surface area contributed by atoms with E-state index in [1.165, 1.54) is 31.2 Å². The van der Waals surface area contributed by atoms with Crippen LogP contribution in [0.15, 0.2) is 42.6 Å². The molecule has 1 aliphatic carbocycles. The number of rotatable bonds is 5.